The van der Waals surface area contributed by atoms with Crippen molar-refractivity contribution in [1.29, 1.82) is 0 Å². The number of benzodiazepines with no additional fused rings is 1. The summed E-state index contributed by atoms with van der Waals surface area (Å²) in [5.74, 6) is -1.04. The second kappa shape index (κ2) is 11.1. The maximum Gasteiger partial charge on any atom is 0.321 e. The molecule has 7 heteroatoms. The zero-order valence-corrected chi connectivity index (χ0v) is 21.7. The standard InChI is InChI=1S/C32H28N4O3/c1-21-11-10-16-25(19-21)33-32(39)35-30-31(38)36(28(37)20-24-15-7-6-12-22(24)2)27-18-9-8-17-26(27)29(34-30)23-13-4-3-5-14-23/h3-19,30H,20H2,1-2H3,(H2,33,35,39)/t30-/m0/s1. The first kappa shape index (κ1) is 25.6. The molecule has 0 aliphatic carbocycles. The molecule has 0 unspecified atom stereocenters. The van der Waals surface area contributed by atoms with Crippen LogP contribution in [0.15, 0.2) is 108 Å². The van der Waals surface area contributed by atoms with E-state index in [0.29, 0.717) is 22.6 Å². The van der Waals surface area contributed by atoms with Crippen LogP contribution in [0.1, 0.15) is 27.8 Å². The predicted octanol–water partition coefficient (Wildman–Crippen LogP) is 5.40. The molecule has 1 aliphatic rings. The summed E-state index contributed by atoms with van der Waals surface area (Å²) in [5, 5.41) is 5.45. The Morgan fingerprint density at radius 2 is 1.56 bits per heavy atom. The highest BCUT2D eigenvalue weighted by molar-refractivity contribution is 6.26. The Bertz CT molecular complexity index is 1580. The predicted molar refractivity (Wildman–Crippen MR) is 153 cm³/mol. The number of amides is 4. The number of carbonyl (C=O) groups excluding carboxylic acids is 3. The van der Waals surface area contributed by atoms with Crippen LogP contribution in [0.4, 0.5) is 16.2 Å². The lowest BCUT2D eigenvalue weighted by Gasteiger charge is -2.24. The van der Waals surface area contributed by atoms with Crippen molar-refractivity contribution in [3.05, 3.63) is 131 Å². The summed E-state index contributed by atoms with van der Waals surface area (Å²) in [6.45, 7) is 3.85. The number of urea groups is 1. The first-order valence-electron chi connectivity index (χ1n) is 12.7. The number of aliphatic imine (C=N–C) groups is 1. The molecule has 39 heavy (non-hydrogen) atoms. The molecule has 0 saturated carbocycles. The minimum atomic E-state index is -1.33. The average molecular weight is 517 g/mol. The van der Waals surface area contributed by atoms with E-state index in [9.17, 15) is 14.4 Å². The largest absolute Gasteiger partial charge is 0.321 e. The monoisotopic (exact) mass is 516 g/mol. The number of hydrogen-bond donors (Lipinski definition) is 2. The van der Waals surface area contributed by atoms with Crippen molar-refractivity contribution >= 4 is 34.9 Å². The second-order valence-electron chi connectivity index (χ2n) is 9.40. The zero-order valence-electron chi connectivity index (χ0n) is 21.7. The van der Waals surface area contributed by atoms with Crippen molar-refractivity contribution in [2.45, 2.75) is 26.4 Å². The van der Waals surface area contributed by atoms with Gasteiger partial charge in [-0.25, -0.2) is 14.7 Å². The molecule has 194 valence electrons. The molecule has 2 N–H and O–H groups in total. The van der Waals surface area contributed by atoms with Crippen LogP contribution in [0.25, 0.3) is 0 Å². The number of nitrogens with one attached hydrogen (secondary N) is 2. The van der Waals surface area contributed by atoms with Gasteiger partial charge in [0.25, 0.3) is 5.91 Å². The van der Waals surface area contributed by atoms with Crippen LogP contribution in [0.5, 0.6) is 0 Å². The first-order valence-corrected chi connectivity index (χ1v) is 12.7. The Labute approximate surface area is 227 Å². The van der Waals surface area contributed by atoms with Crippen molar-refractivity contribution in [2.24, 2.45) is 4.99 Å². The number of imide groups is 1. The van der Waals surface area contributed by atoms with Crippen LogP contribution in [0, 0.1) is 13.8 Å². The molecule has 1 heterocycles. The lowest BCUT2D eigenvalue weighted by Crippen LogP contribution is -2.51. The average Bonchev–Trinajstić information content (AvgIpc) is 3.05. The first-order chi connectivity index (χ1) is 18.9. The molecule has 0 aromatic heterocycles. The fourth-order valence-electron chi connectivity index (χ4n) is 4.61. The molecule has 0 radical (unpaired) electrons. The van der Waals surface area contributed by atoms with E-state index in [1.165, 1.54) is 0 Å². The van der Waals surface area contributed by atoms with Crippen molar-refractivity contribution in [3.8, 4) is 0 Å². The lowest BCUT2D eigenvalue weighted by atomic mass is 9.99. The number of nitrogens with zero attached hydrogens (tertiary/aromatic N) is 2. The molecule has 0 saturated heterocycles. The van der Waals surface area contributed by atoms with E-state index in [-0.39, 0.29) is 6.42 Å². The van der Waals surface area contributed by atoms with Gasteiger partial charge < -0.3 is 10.6 Å². The molecule has 1 atom stereocenters. The van der Waals surface area contributed by atoms with Gasteiger partial charge in [-0.2, -0.15) is 0 Å². The van der Waals surface area contributed by atoms with E-state index in [4.69, 9.17) is 4.99 Å². The second-order valence-corrected chi connectivity index (χ2v) is 9.40. The Hall–Kier alpha value is -5.04. The van der Waals surface area contributed by atoms with E-state index < -0.39 is 24.0 Å². The summed E-state index contributed by atoms with van der Waals surface area (Å²) in [6.07, 6.45) is -1.31. The summed E-state index contributed by atoms with van der Waals surface area (Å²) in [5.41, 5.74) is 5.65. The van der Waals surface area contributed by atoms with Crippen LogP contribution in [-0.2, 0) is 16.0 Å². The summed E-state index contributed by atoms with van der Waals surface area (Å²) >= 11 is 0. The molecule has 0 spiro atoms. The van der Waals surface area contributed by atoms with E-state index in [1.807, 2.05) is 98.8 Å². The summed E-state index contributed by atoms with van der Waals surface area (Å²) in [4.78, 5) is 46.7. The van der Waals surface area contributed by atoms with Gasteiger partial charge in [0.1, 0.15) is 0 Å². The fourth-order valence-corrected chi connectivity index (χ4v) is 4.61. The van der Waals surface area contributed by atoms with Crippen LogP contribution >= 0.6 is 0 Å². The van der Waals surface area contributed by atoms with Gasteiger partial charge in [-0.1, -0.05) is 84.9 Å². The van der Waals surface area contributed by atoms with Crippen molar-refractivity contribution in [1.82, 2.24) is 5.32 Å². The van der Waals surface area contributed by atoms with Gasteiger partial charge in [0.15, 0.2) is 0 Å². The minimum Gasteiger partial charge on any atom is -0.308 e. The number of para-hydroxylation sites is 1. The smallest absolute Gasteiger partial charge is 0.308 e. The molecule has 1 aliphatic heterocycles. The van der Waals surface area contributed by atoms with Gasteiger partial charge in [0, 0.05) is 16.8 Å². The van der Waals surface area contributed by atoms with Gasteiger partial charge in [-0.05, 0) is 48.7 Å². The van der Waals surface area contributed by atoms with E-state index in [1.54, 1.807) is 18.2 Å². The Morgan fingerprint density at radius 3 is 2.33 bits per heavy atom. The Morgan fingerprint density at radius 1 is 0.846 bits per heavy atom. The molecule has 0 bridgehead atoms. The molecular weight excluding hydrogens is 488 g/mol. The number of rotatable bonds is 5. The van der Waals surface area contributed by atoms with Crippen LogP contribution < -0.4 is 15.5 Å². The molecule has 7 nitrogen and oxygen atoms in total. The number of hydrogen-bond acceptors (Lipinski definition) is 4. The summed E-state index contributed by atoms with van der Waals surface area (Å²) in [6, 6.07) is 30.9. The van der Waals surface area contributed by atoms with Crippen molar-refractivity contribution < 1.29 is 14.4 Å². The van der Waals surface area contributed by atoms with Crippen LogP contribution in [-0.4, -0.2) is 29.7 Å². The quantitative estimate of drug-likeness (QED) is 0.372. The Balaban J connectivity index is 1.55. The minimum absolute atomic E-state index is 0.0234. The molecule has 5 rings (SSSR count). The van der Waals surface area contributed by atoms with E-state index >= 15 is 0 Å². The maximum absolute atomic E-state index is 14.0. The topological polar surface area (TPSA) is 90.9 Å². The highest BCUT2D eigenvalue weighted by Crippen LogP contribution is 2.29. The van der Waals surface area contributed by atoms with Crippen LogP contribution in [0.2, 0.25) is 0 Å². The molecule has 4 amide bonds. The van der Waals surface area contributed by atoms with Crippen LogP contribution in [0.3, 0.4) is 0 Å². The Kier molecular flexibility index (Phi) is 7.32. The van der Waals surface area contributed by atoms with Gasteiger partial charge in [-0.15, -0.1) is 0 Å². The molecular formula is C32H28N4O3. The zero-order chi connectivity index (χ0) is 27.4. The van der Waals surface area contributed by atoms with Gasteiger partial charge in [0.05, 0.1) is 17.8 Å². The number of aryl methyl sites for hydroxylation is 2. The lowest BCUT2D eigenvalue weighted by molar-refractivity contribution is -0.127. The van der Waals surface area contributed by atoms with Crippen molar-refractivity contribution in [2.75, 3.05) is 10.2 Å². The van der Waals surface area contributed by atoms with E-state index in [0.717, 1.165) is 27.2 Å². The third-order valence-electron chi connectivity index (χ3n) is 6.56. The number of anilines is 2. The van der Waals surface area contributed by atoms with Gasteiger partial charge in [0.2, 0.25) is 12.1 Å². The maximum atomic E-state index is 14.0. The molecule has 0 fully saturated rings. The SMILES string of the molecule is Cc1cccc(NC(=O)N[C@@H]2N=C(c3ccccc3)c3ccccc3N(C(=O)Cc3ccccc3C)C2=O)c1. The number of carbonyl (C=O) groups is 3. The van der Waals surface area contributed by atoms with Gasteiger partial charge >= 0.3 is 6.03 Å². The summed E-state index contributed by atoms with van der Waals surface area (Å²) < 4.78 is 0. The number of benzene rings is 4. The highest BCUT2D eigenvalue weighted by Gasteiger charge is 2.36. The summed E-state index contributed by atoms with van der Waals surface area (Å²) in [7, 11) is 0. The fraction of sp³-hybridized carbons (Fsp3) is 0.125. The normalized spacial score (nSPS) is 14.6. The van der Waals surface area contributed by atoms with Gasteiger partial charge in [-0.3, -0.25) is 9.59 Å². The molecule has 4 aromatic carbocycles. The molecule has 4 aromatic rings. The number of fused-ring (bicyclic) bond motifs is 1. The third kappa shape index (κ3) is 5.62. The highest BCUT2D eigenvalue weighted by atomic mass is 16.2. The van der Waals surface area contributed by atoms with E-state index in [2.05, 4.69) is 10.6 Å². The van der Waals surface area contributed by atoms with Crippen molar-refractivity contribution in [3.63, 3.8) is 0 Å². The third-order valence-corrected chi connectivity index (χ3v) is 6.56.